The van der Waals surface area contributed by atoms with E-state index in [0.717, 1.165) is 11.8 Å². The van der Waals surface area contributed by atoms with Crippen LogP contribution in [0.25, 0.3) is 28.1 Å². The van der Waals surface area contributed by atoms with E-state index in [1.165, 1.54) is 29.5 Å². The van der Waals surface area contributed by atoms with E-state index in [0.29, 0.717) is 34.7 Å². The maximum atomic E-state index is 12.8. The SMILES string of the molecule is CS(=O)(=O)c1cccc(-c2ccc3nc(NCc4ccc(-n5cncn5)nc4)nc(CNCC(F)(F)F)c3n2)c1. The fourth-order valence-electron chi connectivity index (χ4n) is 3.81. The van der Waals surface area contributed by atoms with E-state index in [4.69, 9.17) is 0 Å². The standard InChI is InChI=1S/C25H22F3N9O2S/c1-40(38,39)18-4-2-3-17(9-18)19-6-7-20-23(34-19)21(12-29-13-25(26,27)28)36-24(35-20)32-11-16-5-8-22(31-10-16)37-15-30-14-33-37/h2-10,14-15,29H,11-13H2,1H3,(H,32,35,36). The zero-order valence-corrected chi connectivity index (χ0v) is 21.8. The highest BCUT2D eigenvalue weighted by Crippen LogP contribution is 2.25. The Morgan fingerprint density at radius 3 is 2.55 bits per heavy atom. The molecule has 0 fully saturated rings. The molecular weight excluding hydrogens is 547 g/mol. The Kier molecular flexibility index (Phi) is 7.40. The molecule has 4 heterocycles. The van der Waals surface area contributed by atoms with Crippen molar-refractivity contribution in [2.75, 3.05) is 18.1 Å². The van der Waals surface area contributed by atoms with Crippen molar-refractivity contribution in [2.45, 2.75) is 24.2 Å². The molecule has 0 spiro atoms. The van der Waals surface area contributed by atoms with Crippen LogP contribution in [0.2, 0.25) is 0 Å². The number of hydrogen-bond donors (Lipinski definition) is 2. The van der Waals surface area contributed by atoms with Gasteiger partial charge >= 0.3 is 6.18 Å². The molecule has 1 aromatic carbocycles. The number of sulfone groups is 1. The van der Waals surface area contributed by atoms with Crippen LogP contribution in [-0.2, 0) is 22.9 Å². The molecule has 15 heteroatoms. The lowest BCUT2D eigenvalue weighted by atomic mass is 10.1. The van der Waals surface area contributed by atoms with Crippen molar-refractivity contribution in [2.24, 2.45) is 0 Å². The van der Waals surface area contributed by atoms with Crippen LogP contribution in [0, 0.1) is 0 Å². The summed E-state index contributed by atoms with van der Waals surface area (Å²) < 4.78 is 63.9. The van der Waals surface area contributed by atoms with Gasteiger partial charge in [-0.05, 0) is 35.9 Å². The highest BCUT2D eigenvalue weighted by molar-refractivity contribution is 7.90. The van der Waals surface area contributed by atoms with Crippen LogP contribution in [0.1, 0.15) is 11.3 Å². The summed E-state index contributed by atoms with van der Waals surface area (Å²) in [4.78, 5) is 21.9. The van der Waals surface area contributed by atoms with E-state index >= 15 is 0 Å². The Balaban J connectivity index is 1.43. The van der Waals surface area contributed by atoms with Crippen molar-refractivity contribution in [1.29, 1.82) is 0 Å². The molecule has 206 valence electrons. The summed E-state index contributed by atoms with van der Waals surface area (Å²) in [7, 11) is -3.45. The van der Waals surface area contributed by atoms with Gasteiger partial charge in [0, 0.05) is 31.1 Å². The maximum Gasteiger partial charge on any atom is 0.401 e. The Labute approximate surface area is 226 Å². The molecule has 40 heavy (non-hydrogen) atoms. The minimum Gasteiger partial charge on any atom is -0.350 e. The van der Waals surface area contributed by atoms with Crippen LogP contribution in [0.5, 0.6) is 0 Å². The molecule has 0 bridgehead atoms. The molecule has 0 unspecified atom stereocenters. The average Bonchev–Trinajstić information content (AvgIpc) is 3.46. The fourth-order valence-corrected chi connectivity index (χ4v) is 4.48. The third-order valence-corrected chi connectivity index (χ3v) is 6.81. The van der Waals surface area contributed by atoms with E-state index in [1.54, 1.807) is 36.5 Å². The van der Waals surface area contributed by atoms with E-state index in [2.05, 4.69) is 40.7 Å². The average molecular weight is 570 g/mol. The summed E-state index contributed by atoms with van der Waals surface area (Å²) >= 11 is 0. The Hall–Kier alpha value is -4.50. The smallest absolute Gasteiger partial charge is 0.350 e. The molecule has 0 saturated carbocycles. The van der Waals surface area contributed by atoms with Gasteiger partial charge in [0.25, 0.3) is 0 Å². The predicted molar refractivity (Wildman–Crippen MR) is 140 cm³/mol. The largest absolute Gasteiger partial charge is 0.401 e. The summed E-state index contributed by atoms with van der Waals surface area (Å²) in [5.74, 6) is 0.787. The molecule has 11 nitrogen and oxygen atoms in total. The van der Waals surface area contributed by atoms with Gasteiger partial charge in [0.15, 0.2) is 15.7 Å². The number of benzene rings is 1. The van der Waals surface area contributed by atoms with Crippen LogP contribution in [0.4, 0.5) is 19.1 Å². The van der Waals surface area contributed by atoms with Crippen molar-refractivity contribution in [3.8, 4) is 17.1 Å². The number of anilines is 1. The third kappa shape index (κ3) is 6.55. The van der Waals surface area contributed by atoms with Crippen molar-refractivity contribution in [1.82, 2.24) is 40.0 Å². The summed E-state index contributed by atoms with van der Waals surface area (Å²) in [6.07, 6.45) is 1.28. The van der Waals surface area contributed by atoms with Crippen LogP contribution in [0.3, 0.4) is 0 Å². The monoisotopic (exact) mass is 569 g/mol. The van der Waals surface area contributed by atoms with E-state index in [-0.39, 0.29) is 23.1 Å². The number of hydrogen-bond acceptors (Lipinski definition) is 10. The molecule has 0 aliphatic rings. The van der Waals surface area contributed by atoms with Crippen LogP contribution >= 0.6 is 0 Å². The molecule has 4 aromatic heterocycles. The van der Waals surface area contributed by atoms with Crippen LogP contribution in [0.15, 0.2) is 72.3 Å². The van der Waals surface area contributed by atoms with Gasteiger partial charge < -0.3 is 10.6 Å². The molecule has 2 N–H and O–H groups in total. The Morgan fingerprint density at radius 2 is 1.85 bits per heavy atom. The molecule has 0 aliphatic heterocycles. The molecule has 0 aliphatic carbocycles. The number of aromatic nitrogens is 7. The lowest BCUT2D eigenvalue weighted by molar-refractivity contribution is -0.125. The first-order chi connectivity index (χ1) is 19.0. The highest BCUT2D eigenvalue weighted by Gasteiger charge is 2.26. The topological polar surface area (TPSA) is 140 Å². The number of pyridine rings is 2. The van der Waals surface area contributed by atoms with Gasteiger partial charge in [-0.15, -0.1) is 0 Å². The molecule has 0 saturated heterocycles. The van der Waals surface area contributed by atoms with Crippen molar-refractivity contribution in [3.63, 3.8) is 0 Å². The van der Waals surface area contributed by atoms with E-state index in [1.807, 2.05) is 6.07 Å². The van der Waals surface area contributed by atoms with Gasteiger partial charge in [0.1, 0.15) is 18.2 Å². The van der Waals surface area contributed by atoms with Gasteiger partial charge in [-0.2, -0.15) is 18.3 Å². The number of fused-ring (bicyclic) bond motifs is 1. The number of halogens is 3. The second-order valence-electron chi connectivity index (χ2n) is 8.80. The van der Waals surface area contributed by atoms with Crippen LogP contribution < -0.4 is 10.6 Å². The van der Waals surface area contributed by atoms with Crippen molar-refractivity contribution >= 4 is 26.8 Å². The Morgan fingerprint density at radius 1 is 1.00 bits per heavy atom. The van der Waals surface area contributed by atoms with E-state index < -0.39 is 22.6 Å². The molecular formula is C25H22F3N9O2S. The molecule has 0 amide bonds. The normalized spacial score (nSPS) is 12.1. The van der Waals surface area contributed by atoms with Gasteiger partial charge in [0.05, 0.1) is 28.3 Å². The number of nitrogens with one attached hydrogen (secondary N) is 2. The zero-order chi connectivity index (χ0) is 28.3. The highest BCUT2D eigenvalue weighted by atomic mass is 32.2. The molecule has 5 rings (SSSR count). The first-order valence-corrected chi connectivity index (χ1v) is 13.7. The van der Waals surface area contributed by atoms with Gasteiger partial charge in [0.2, 0.25) is 5.95 Å². The molecule has 0 atom stereocenters. The lowest BCUT2D eigenvalue weighted by Crippen LogP contribution is -2.28. The quantitative estimate of drug-likeness (QED) is 0.272. The first kappa shape index (κ1) is 27.1. The molecule has 0 radical (unpaired) electrons. The predicted octanol–water partition coefficient (Wildman–Crippen LogP) is 3.34. The van der Waals surface area contributed by atoms with Crippen molar-refractivity contribution in [3.05, 3.63) is 78.6 Å². The number of nitrogens with zero attached hydrogens (tertiary/aromatic N) is 7. The second-order valence-corrected chi connectivity index (χ2v) is 10.8. The van der Waals surface area contributed by atoms with Gasteiger partial charge in [-0.1, -0.05) is 18.2 Å². The number of alkyl halides is 3. The molecule has 5 aromatic rings. The van der Waals surface area contributed by atoms with E-state index in [9.17, 15) is 21.6 Å². The fraction of sp³-hybridized carbons (Fsp3) is 0.200. The summed E-state index contributed by atoms with van der Waals surface area (Å²) in [6, 6.07) is 13.2. The lowest BCUT2D eigenvalue weighted by Gasteiger charge is -2.13. The Bertz CT molecular complexity index is 1740. The summed E-state index contributed by atoms with van der Waals surface area (Å²) in [5.41, 5.74) is 2.72. The minimum atomic E-state index is -4.40. The van der Waals surface area contributed by atoms with Crippen LogP contribution in [-0.4, -0.2) is 62.1 Å². The minimum absolute atomic E-state index is 0.124. The summed E-state index contributed by atoms with van der Waals surface area (Å²) in [5, 5.41) is 9.47. The number of rotatable bonds is 9. The second kappa shape index (κ2) is 10.9. The van der Waals surface area contributed by atoms with Crippen molar-refractivity contribution < 1.29 is 21.6 Å². The van der Waals surface area contributed by atoms with Gasteiger partial charge in [-0.3, -0.25) is 0 Å². The maximum absolute atomic E-state index is 12.8. The zero-order valence-electron chi connectivity index (χ0n) is 21.0. The van der Waals surface area contributed by atoms with Gasteiger partial charge in [-0.25, -0.2) is 38.0 Å². The first-order valence-electron chi connectivity index (χ1n) is 11.8. The summed E-state index contributed by atoms with van der Waals surface area (Å²) in [6.45, 7) is -1.13. The third-order valence-electron chi connectivity index (χ3n) is 5.70.